The number of benzene rings is 3. The van der Waals surface area contributed by atoms with Crippen LogP contribution in [0.1, 0.15) is 39.4 Å². The Kier molecular flexibility index (Phi) is 9.15. The number of methoxy groups -OCH3 is 1. The SMILES string of the molecule is C.COc1cc(F)c2[nH]c(C)c(/C=C3\Oc4ccc(NC(=O)Nc5ccc(C(=O)NCCN(C)C)cc5)cc4C3=O)c2c1. The molecule has 4 N–H and O–H groups in total. The third-order valence-corrected chi connectivity index (χ3v) is 6.76. The van der Waals surface area contributed by atoms with Gasteiger partial charge in [0.2, 0.25) is 5.78 Å². The molecule has 0 aliphatic carbocycles. The summed E-state index contributed by atoms with van der Waals surface area (Å²) in [6.07, 6.45) is 1.57. The average molecular weight is 588 g/mol. The number of rotatable bonds is 8. The number of Topliss-reactive ketones (excluding diaryl/α,β-unsaturated/α-hetero) is 1. The number of nitrogens with zero attached hydrogens (tertiary/aromatic N) is 1. The van der Waals surface area contributed by atoms with E-state index in [0.29, 0.717) is 57.1 Å². The molecule has 2 heterocycles. The summed E-state index contributed by atoms with van der Waals surface area (Å²) in [6.45, 7) is 3.03. The van der Waals surface area contributed by atoms with Crippen LogP contribution in [0.25, 0.3) is 17.0 Å². The highest BCUT2D eigenvalue weighted by Crippen LogP contribution is 2.36. The van der Waals surface area contributed by atoms with Crippen LogP contribution in [0.2, 0.25) is 0 Å². The smallest absolute Gasteiger partial charge is 0.323 e. The van der Waals surface area contributed by atoms with Gasteiger partial charge in [0.15, 0.2) is 11.6 Å². The van der Waals surface area contributed by atoms with Crippen LogP contribution in [0, 0.1) is 12.7 Å². The lowest BCUT2D eigenvalue weighted by Crippen LogP contribution is -2.31. The van der Waals surface area contributed by atoms with Crippen molar-refractivity contribution in [2.24, 2.45) is 0 Å². The first-order valence-corrected chi connectivity index (χ1v) is 13.2. The zero-order valence-electron chi connectivity index (χ0n) is 23.6. The van der Waals surface area contributed by atoms with Crippen molar-refractivity contribution in [3.05, 3.63) is 88.6 Å². The molecule has 0 atom stereocenters. The van der Waals surface area contributed by atoms with Gasteiger partial charge in [-0.3, -0.25) is 9.59 Å². The van der Waals surface area contributed by atoms with Crippen molar-refractivity contribution < 1.29 is 28.2 Å². The van der Waals surface area contributed by atoms with E-state index in [-0.39, 0.29) is 30.4 Å². The van der Waals surface area contributed by atoms with Gasteiger partial charge < -0.3 is 35.3 Å². The number of aromatic nitrogens is 1. The number of H-pyrrole nitrogens is 1. The number of carbonyl (C=O) groups is 3. The zero-order chi connectivity index (χ0) is 30.0. The van der Waals surface area contributed by atoms with Gasteiger partial charge in [0, 0.05) is 52.7 Å². The summed E-state index contributed by atoms with van der Waals surface area (Å²) in [5.74, 6) is -0.261. The van der Waals surface area contributed by atoms with Crippen LogP contribution >= 0.6 is 0 Å². The van der Waals surface area contributed by atoms with Gasteiger partial charge >= 0.3 is 6.03 Å². The maximum Gasteiger partial charge on any atom is 0.323 e. The zero-order valence-corrected chi connectivity index (χ0v) is 23.6. The molecule has 0 saturated carbocycles. The fraction of sp³-hybridized carbons (Fsp3) is 0.219. The molecule has 1 aliphatic rings. The van der Waals surface area contributed by atoms with Crippen LogP contribution < -0.4 is 25.4 Å². The summed E-state index contributed by atoms with van der Waals surface area (Å²) in [4.78, 5) is 43.1. The lowest BCUT2D eigenvalue weighted by molar-refractivity contribution is 0.0950. The minimum atomic E-state index is -0.523. The molecular weight excluding hydrogens is 553 g/mol. The van der Waals surface area contributed by atoms with E-state index in [1.54, 1.807) is 55.5 Å². The molecule has 0 spiro atoms. The number of halogens is 1. The fourth-order valence-corrected chi connectivity index (χ4v) is 4.57. The van der Waals surface area contributed by atoms with Crippen molar-refractivity contribution in [1.82, 2.24) is 15.2 Å². The van der Waals surface area contributed by atoms with Crippen LogP contribution in [0.15, 0.2) is 60.4 Å². The molecule has 3 amide bonds. The minimum absolute atomic E-state index is 0. The number of nitrogens with one attached hydrogen (secondary N) is 4. The molecule has 1 aromatic heterocycles. The quantitative estimate of drug-likeness (QED) is 0.193. The molecule has 3 aromatic carbocycles. The Morgan fingerprint density at radius 3 is 2.44 bits per heavy atom. The third kappa shape index (κ3) is 6.68. The highest BCUT2D eigenvalue weighted by atomic mass is 19.1. The van der Waals surface area contributed by atoms with E-state index in [2.05, 4.69) is 20.9 Å². The molecule has 0 fully saturated rings. The Morgan fingerprint density at radius 1 is 1.05 bits per heavy atom. The highest BCUT2D eigenvalue weighted by molar-refractivity contribution is 6.16. The number of aryl methyl sites for hydroxylation is 1. The Hall–Kier alpha value is -5.16. The molecule has 0 saturated heterocycles. The molecule has 0 radical (unpaired) electrons. The summed E-state index contributed by atoms with van der Waals surface area (Å²) >= 11 is 0. The molecule has 5 rings (SSSR count). The number of ether oxygens (including phenoxy) is 2. The van der Waals surface area contributed by atoms with Gasteiger partial charge in [-0.25, -0.2) is 9.18 Å². The van der Waals surface area contributed by atoms with Crippen molar-refractivity contribution in [2.75, 3.05) is 44.9 Å². The van der Waals surface area contributed by atoms with E-state index < -0.39 is 11.8 Å². The Bertz CT molecular complexity index is 1730. The number of urea groups is 1. The van der Waals surface area contributed by atoms with Gasteiger partial charge in [-0.05, 0) is 75.6 Å². The number of ketones is 1. The molecule has 224 valence electrons. The van der Waals surface area contributed by atoms with Crippen LogP contribution in [0.4, 0.5) is 20.6 Å². The number of hydrogen-bond acceptors (Lipinski definition) is 6. The second kappa shape index (κ2) is 12.8. The van der Waals surface area contributed by atoms with Crippen LogP contribution in [-0.4, -0.2) is 61.9 Å². The van der Waals surface area contributed by atoms with E-state index in [1.807, 2.05) is 19.0 Å². The summed E-state index contributed by atoms with van der Waals surface area (Å²) in [7, 11) is 5.31. The Morgan fingerprint density at radius 2 is 1.74 bits per heavy atom. The summed E-state index contributed by atoms with van der Waals surface area (Å²) < 4.78 is 25.6. The number of amides is 3. The predicted molar refractivity (Wildman–Crippen MR) is 166 cm³/mol. The number of likely N-dealkylation sites (N-methyl/N-ethyl adjacent to an activating group) is 1. The largest absolute Gasteiger partial charge is 0.497 e. The van der Waals surface area contributed by atoms with Gasteiger partial charge in [0.1, 0.15) is 11.5 Å². The van der Waals surface area contributed by atoms with Crippen molar-refractivity contribution in [3.63, 3.8) is 0 Å². The lowest BCUT2D eigenvalue weighted by Gasteiger charge is -2.11. The normalized spacial score (nSPS) is 13.0. The van der Waals surface area contributed by atoms with Gasteiger partial charge in [-0.15, -0.1) is 0 Å². The van der Waals surface area contributed by atoms with Gasteiger partial charge in [0.25, 0.3) is 5.91 Å². The molecular formula is C32H34FN5O5. The van der Waals surface area contributed by atoms with Gasteiger partial charge in [0.05, 0.1) is 18.2 Å². The molecule has 1 aliphatic heterocycles. The van der Waals surface area contributed by atoms with Crippen molar-refractivity contribution in [3.8, 4) is 11.5 Å². The summed E-state index contributed by atoms with van der Waals surface area (Å²) in [5, 5.41) is 8.81. The van der Waals surface area contributed by atoms with Crippen molar-refractivity contribution >= 4 is 46.1 Å². The minimum Gasteiger partial charge on any atom is -0.497 e. The van der Waals surface area contributed by atoms with E-state index >= 15 is 0 Å². The number of aromatic amines is 1. The number of hydrogen-bond donors (Lipinski definition) is 4. The first-order chi connectivity index (χ1) is 20.1. The van der Waals surface area contributed by atoms with Crippen LogP contribution in [-0.2, 0) is 0 Å². The van der Waals surface area contributed by atoms with Crippen LogP contribution in [0.5, 0.6) is 11.5 Å². The van der Waals surface area contributed by atoms with Crippen molar-refractivity contribution in [1.29, 1.82) is 0 Å². The summed E-state index contributed by atoms with van der Waals surface area (Å²) in [6, 6.07) is 13.7. The molecule has 10 nitrogen and oxygen atoms in total. The average Bonchev–Trinajstić information content (AvgIpc) is 3.44. The number of carbonyl (C=O) groups excluding carboxylic acids is 3. The monoisotopic (exact) mass is 587 g/mol. The third-order valence-electron chi connectivity index (χ3n) is 6.76. The summed E-state index contributed by atoms with van der Waals surface area (Å²) in [5.41, 5.74) is 3.21. The number of anilines is 2. The molecule has 0 bridgehead atoms. The fourth-order valence-electron chi connectivity index (χ4n) is 4.57. The maximum absolute atomic E-state index is 14.5. The van der Waals surface area contributed by atoms with Gasteiger partial charge in [-0.1, -0.05) is 7.43 Å². The lowest BCUT2D eigenvalue weighted by atomic mass is 10.1. The van der Waals surface area contributed by atoms with E-state index in [9.17, 15) is 18.8 Å². The van der Waals surface area contributed by atoms with E-state index in [4.69, 9.17) is 9.47 Å². The predicted octanol–water partition coefficient (Wildman–Crippen LogP) is 5.81. The number of allylic oxidation sites excluding steroid dienone is 1. The van der Waals surface area contributed by atoms with Crippen LogP contribution in [0.3, 0.4) is 0 Å². The molecule has 11 heteroatoms. The second-order valence-electron chi connectivity index (χ2n) is 10.1. The Balaban J connectivity index is 0.00000423. The topological polar surface area (TPSA) is 125 Å². The molecule has 4 aromatic rings. The first-order valence-electron chi connectivity index (χ1n) is 13.2. The number of fused-ring (bicyclic) bond motifs is 2. The second-order valence-corrected chi connectivity index (χ2v) is 10.1. The van der Waals surface area contributed by atoms with Gasteiger partial charge in [-0.2, -0.15) is 0 Å². The maximum atomic E-state index is 14.5. The van der Waals surface area contributed by atoms with E-state index in [0.717, 1.165) is 6.54 Å². The first kappa shape index (κ1) is 30.8. The van der Waals surface area contributed by atoms with Crippen molar-refractivity contribution in [2.45, 2.75) is 14.4 Å². The standard InChI is InChI=1S/C31H30FN5O5.CH4/c1-17-22(23-14-21(41-4)15-25(32)28(23)34-17)16-27-29(38)24-13-20(9-10-26(24)42-27)36-31(40)35-19-7-5-18(6-8-19)30(39)33-11-12-37(2)3;/h5-10,13-16,34H,11-12H2,1-4H3,(H,33,39)(H2,35,36,40);1H4/b27-16-;. The highest BCUT2D eigenvalue weighted by Gasteiger charge is 2.28. The molecule has 43 heavy (non-hydrogen) atoms. The Labute approximate surface area is 248 Å². The molecule has 0 unspecified atom stereocenters. The van der Waals surface area contributed by atoms with E-state index in [1.165, 1.54) is 19.2 Å².